The predicted molar refractivity (Wildman–Crippen MR) is 141 cm³/mol. The Kier molecular flexibility index (Phi) is 12.4. The van der Waals surface area contributed by atoms with Crippen LogP contribution in [0.5, 0.6) is 0 Å². The summed E-state index contributed by atoms with van der Waals surface area (Å²) < 4.78 is 21.0. The molecule has 0 aliphatic carbocycles. The molecule has 2 amide bonds. The van der Waals surface area contributed by atoms with E-state index < -0.39 is 36.3 Å². The first kappa shape index (κ1) is 29.9. The van der Waals surface area contributed by atoms with Crippen LogP contribution in [0.2, 0.25) is 0 Å². The SMILES string of the molecule is CC(C)[C@H](COC(=O)/C=C/C(=O)OC[C@H](OC(=O)Nc1ccccc1)C(C)C)OC(=O)Nc1ccccc1. The lowest BCUT2D eigenvalue weighted by Gasteiger charge is -2.21. The average Bonchev–Trinajstić information content (AvgIpc) is 2.88. The van der Waals surface area contributed by atoms with Gasteiger partial charge in [0.2, 0.25) is 0 Å². The second-order valence-electron chi connectivity index (χ2n) is 8.95. The lowest BCUT2D eigenvalue weighted by atomic mass is 10.1. The number of anilines is 2. The standard InChI is InChI=1S/C28H34N2O8/c1-19(2)23(37-27(33)29-21-11-7-5-8-12-21)17-35-25(31)15-16-26(32)36-18-24(20(3)4)38-28(34)30-22-13-9-6-10-14-22/h5-16,19-20,23-24H,17-18H2,1-4H3,(H,29,33)(H,30,34)/b16-15+/t23-,24-/m0/s1. The number of benzene rings is 2. The van der Waals surface area contributed by atoms with E-state index >= 15 is 0 Å². The van der Waals surface area contributed by atoms with E-state index in [0.717, 1.165) is 12.2 Å². The van der Waals surface area contributed by atoms with Crippen molar-refractivity contribution in [3.05, 3.63) is 72.8 Å². The molecular formula is C28H34N2O8. The zero-order valence-corrected chi connectivity index (χ0v) is 21.9. The molecule has 2 aromatic rings. The van der Waals surface area contributed by atoms with Crippen molar-refractivity contribution in [2.24, 2.45) is 11.8 Å². The molecule has 0 aliphatic heterocycles. The summed E-state index contributed by atoms with van der Waals surface area (Å²) in [6.07, 6.45) is -0.925. The monoisotopic (exact) mass is 526 g/mol. The van der Waals surface area contributed by atoms with Gasteiger partial charge in [0.15, 0.2) is 0 Å². The maximum absolute atomic E-state index is 12.1. The Hall–Kier alpha value is -4.34. The third-order valence-corrected chi connectivity index (χ3v) is 5.18. The minimum Gasteiger partial charge on any atom is -0.459 e. The number of ether oxygens (including phenoxy) is 4. The van der Waals surface area contributed by atoms with Gasteiger partial charge in [-0.25, -0.2) is 19.2 Å². The molecule has 204 valence electrons. The molecule has 0 bridgehead atoms. The maximum atomic E-state index is 12.1. The van der Waals surface area contributed by atoms with Crippen molar-refractivity contribution >= 4 is 35.5 Å². The van der Waals surface area contributed by atoms with E-state index in [2.05, 4.69) is 10.6 Å². The predicted octanol–water partition coefficient (Wildman–Crippen LogP) is 5.18. The summed E-state index contributed by atoms with van der Waals surface area (Å²) in [5, 5.41) is 5.20. The van der Waals surface area contributed by atoms with Crippen LogP contribution in [0.1, 0.15) is 27.7 Å². The van der Waals surface area contributed by atoms with E-state index in [9.17, 15) is 19.2 Å². The Morgan fingerprint density at radius 1 is 0.632 bits per heavy atom. The smallest absolute Gasteiger partial charge is 0.412 e. The number of carbonyl (C=O) groups is 4. The summed E-state index contributed by atoms with van der Waals surface area (Å²) in [6, 6.07) is 17.6. The maximum Gasteiger partial charge on any atom is 0.412 e. The van der Waals surface area contributed by atoms with Crippen LogP contribution in [0, 0.1) is 11.8 Å². The molecule has 0 spiro atoms. The highest BCUT2D eigenvalue weighted by atomic mass is 16.6. The fourth-order valence-corrected chi connectivity index (χ4v) is 2.90. The van der Waals surface area contributed by atoms with Crippen LogP contribution in [0.3, 0.4) is 0 Å². The fourth-order valence-electron chi connectivity index (χ4n) is 2.90. The molecule has 0 saturated heterocycles. The quantitative estimate of drug-likeness (QED) is 0.220. The van der Waals surface area contributed by atoms with Crippen molar-refractivity contribution < 1.29 is 38.1 Å². The molecule has 2 N–H and O–H groups in total. The summed E-state index contributed by atoms with van der Waals surface area (Å²) in [4.78, 5) is 48.4. The van der Waals surface area contributed by atoms with Crippen molar-refractivity contribution in [1.82, 2.24) is 0 Å². The van der Waals surface area contributed by atoms with Gasteiger partial charge in [-0.05, 0) is 36.1 Å². The molecule has 0 unspecified atom stereocenters. The largest absolute Gasteiger partial charge is 0.459 e. The Labute approximate surface area is 222 Å². The third-order valence-electron chi connectivity index (χ3n) is 5.18. The number of amides is 2. The first-order chi connectivity index (χ1) is 18.1. The van der Waals surface area contributed by atoms with Crippen LogP contribution in [-0.4, -0.2) is 49.5 Å². The van der Waals surface area contributed by atoms with Crippen LogP contribution in [0.25, 0.3) is 0 Å². The first-order valence-electron chi connectivity index (χ1n) is 12.2. The third kappa shape index (κ3) is 11.6. The van der Waals surface area contributed by atoms with Crippen LogP contribution in [0.15, 0.2) is 72.8 Å². The van der Waals surface area contributed by atoms with Gasteiger partial charge in [-0.1, -0.05) is 64.1 Å². The van der Waals surface area contributed by atoms with E-state index in [0.29, 0.717) is 11.4 Å². The van der Waals surface area contributed by atoms with Gasteiger partial charge >= 0.3 is 24.1 Å². The lowest BCUT2D eigenvalue weighted by molar-refractivity contribution is -0.144. The molecular weight excluding hydrogens is 492 g/mol. The van der Waals surface area contributed by atoms with E-state index in [-0.39, 0.29) is 25.0 Å². The average molecular weight is 527 g/mol. The van der Waals surface area contributed by atoms with Crippen LogP contribution in [-0.2, 0) is 28.5 Å². The Bertz CT molecular complexity index is 985. The first-order valence-corrected chi connectivity index (χ1v) is 12.2. The molecule has 0 radical (unpaired) electrons. The van der Waals surface area contributed by atoms with E-state index in [1.807, 2.05) is 39.8 Å². The molecule has 10 nitrogen and oxygen atoms in total. The summed E-state index contributed by atoms with van der Waals surface area (Å²) in [7, 11) is 0. The number of para-hydroxylation sites is 2. The molecule has 0 aromatic heterocycles. The van der Waals surface area contributed by atoms with E-state index in [1.165, 1.54) is 0 Å². The molecule has 38 heavy (non-hydrogen) atoms. The van der Waals surface area contributed by atoms with Crippen molar-refractivity contribution in [1.29, 1.82) is 0 Å². The van der Waals surface area contributed by atoms with Crippen molar-refractivity contribution in [2.75, 3.05) is 23.8 Å². The van der Waals surface area contributed by atoms with Crippen LogP contribution < -0.4 is 10.6 Å². The second kappa shape index (κ2) is 15.7. The highest BCUT2D eigenvalue weighted by molar-refractivity contribution is 5.91. The normalized spacial score (nSPS) is 12.5. The topological polar surface area (TPSA) is 129 Å². The molecule has 0 aliphatic rings. The molecule has 0 fully saturated rings. The van der Waals surface area contributed by atoms with Gasteiger partial charge in [0.05, 0.1) is 0 Å². The Morgan fingerprint density at radius 2 is 0.974 bits per heavy atom. The minimum absolute atomic E-state index is 0.134. The highest BCUT2D eigenvalue weighted by Gasteiger charge is 2.22. The minimum atomic E-state index is -0.807. The summed E-state index contributed by atoms with van der Waals surface area (Å²) in [5.74, 6) is -1.88. The number of esters is 2. The zero-order valence-electron chi connectivity index (χ0n) is 21.9. The van der Waals surface area contributed by atoms with Crippen molar-refractivity contribution in [2.45, 2.75) is 39.9 Å². The van der Waals surface area contributed by atoms with Gasteiger partial charge in [0.1, 0.15) is 25.4 Å². The van der Waals surface area contributed by atoms with Crippen molar-refractivity contribution in [3.63, 3.8) is 0 Å². The van der Waals surface area contributed by atoms with Crippen LogP contribution in [0.4, 0.5) is 21.0 Å². The summed E-state index contributed by atoms with van der Waals surface area (Å²) in [6.45, 7) is 6.86. The number of rotatable bonds is 12. The molecule has 2 rings (SSSR count). The van der Waals surface area contributed by atoms with Gasteiger partial charge < -0.3 is 18.9 Å². The van der Waals surface area contributed by atoms with Gasteiger partial charge in [-0.2, -0.15) is 0 Å². The van der Waals surface area contributed by atoms with E-state index in [1.54, 1.807) is 48.5 Å². The Morgan fingerprint density at radius 3 is 1.29 bits per heavy atom. The highest BCUT2D eigenvalue weighted by Crippen LogP contribution is 2.13. The number of hydrogen-bond donors (Lipinski definition) is 2. The molecule has 10 heteroatoms. The second-order valence-corrected chi connectivity index (χ2v) is 8.95. The van der Waals surface area contributed by atoms with Gasteiger partial charge in [-0.15, -0.1) is 0 Å². The number of nitrogens with one attached hydrogen (secondary N) is 2. The fraction of sp³-hybridized carbons (Fsp3) is 0.357. The van der Waals surface area contributed by atoms with Gasteiger partial charge in [0, 0.05) is 23.5 Å². The number of carbonyl (C=O) groups excluding carboxylic acids is 4. The number of hydrogen-bond acceptors (Lipinski definition) is 8. The van der Waals surface area contributed by atoms with Crippen LogP contribution >= 0.6 is 0 Å². The molecule has 2 atom stereocenters. The van der Waals surface area contributed by atoms with Gasteiger partial charge in [0.25, 0.3) is 0 Å². The summed E-state index contributed by atoms with van der Waals surface area (Å²) in [5.41, 5.74) is 1.14. The lowest BCUT2D eigenvalue weighted by Crippen LogP contribution is -2.32. The molecule has 0 saturated carbocycles. The zero-order chi connectivity index (χ0) is 27.9. The van der Waals surface area contributed by atoms with Crippen molar-refractivity contribution in [3.8, 4) is 0 Å². The summed E-state index contributed by atoms with van der Waals surface area (Å²) >= 11 is 0. The van der Waals surface area contributed by atoms with E-state index in [4.69, 9.17) is 18.9 Å². The molecule has 2 aromatic carbocycles. The molecule has 0 heterocycles. The van der Waals surface area contributed by atoms with Gasteiger partial charge in [-0.3, -0.25) is 10.6 Å². The Balaban J connectivity index is 1.76.